The van der Waals surface area contributed by atoms with Gasteiger partial charge in [-0.1, -0.05) is 6.92 Å². The lowest BCUT2D eigenvalue weighted by Gasteiger charge is -2.22. The predicted octanol–water partition coefficient (Wildman–Crippen LogP) is 1.79. The van der Waals surface area contributed by atoms with Crippen LogP contribution in [0.4, 0.5) is 13.2 Å². The molecule has 0 aromatic heterocycles. The van der Waals surface area contributed by atoms with Crippen LogP contribution in [0.15, 0.2) is 0 Å². The molecule has 114 valence electrons. The number of alkyl halides is 3. The molecular formula is C10H18F3NO4S. The minimum absolute atomic E-state index is 0.461. The van der Waals surface area contributed by atoms with Crippen molar-refractivity contribution in [2.24, 2.45) is 5.41 Å². The van der Waals surface area contributed by atoms with E-state index < -0.39 is 39.6 Å². The summed E-state index contributed by atoms with van der Waals surface area (Å²) in [6.07, 6.45) is 0.495. The zero-order valence-corrected chi connectivity index (χ0v) is 12.0. The lowest BCUT2D eigenvalue weighted by molar-refractivity contribution is -0.154. The van der Waals surface area contributed by atoms with E-state index in [0.717, 1.165) is 0 Å². The van der Waals surface area contributed by atoms with Gasteiger partial charge in [-0.05, 0) is 27.2 Å². The van der Waals surface area contributed by atoms with E-state index in [2.05, 4.69) is 0 Å². The number of carbonyl (C=O) groups is 1. The molecule has 19 heavy (non-hydrogen) atoms. The third-order valence-electron chi connectivity index (χ3n) is 2.56. The van der Waals surface area contributed by atoms with Crippen LogP contribution in [0.5, 0.6) is 0 Å². The molecule has 0 aromatic rings. The van der Waals surface area contributed by atoms with Crippen molar-refractivity contribution in [2.75, 3.05) is 6.61 Å². The summed E-state index contributed by atoms with van der Waals surface area (Å²) in [4.78, 5) is 11.5. The fraction of sp³-hybridized carbons (Fsp3) is 0.900. The molecule has 0 spiro atoms. The summed E-state index contributed by atoms with van der Waals surface area (Å²) in [5, 5.41) is 0. The summed E-state index contributed by atoms with van der Waals surface area (Å²) in [7, 11) is -5.43. The molecule has 1 atom stereocenters. The molecule has 0 saturated carbocycles. The minimum Gasteiger partial charge on any atom is -0.464 e. The predicted molar refractivity (Wildman–Crippen MR) is 62.6 cm³/mol. The van der Waals surface area contributed by atoms with E-state index in [9.17, 15) is 26.4 Å². The summed E-state index contributed by atoms with van der Waals surface area (Å²) in [6.45, 7) is 5.73. The van der Waals surface area contributed by atoms with Gasteiger partial charge in [-0.25, -0.2) is 13.1 Å². The third kappa shape index (κ3) is 5.35. The molecule has 0 saturated heterocycles. The van der Waals surface area contributed by atoms with Crippen molar-refractivity contribution < 1.29 is 31.1 Å². The number of nitrogens with one attached hydrogen (secondary N) is 1. The zero-order chi connectivity index (χ0) is 15.5. The highest BCUT2D eigenvalue weighted by molar-refractivity contribution is 7.90. The SMILES string of the molecule is CCC(C)(C)C(=O)OCC(C)NS(=O)(=O)C(F)(F)F. The molecule has 0 aliphatic rings. The van der Waals surface area contributed by atoms with E-state index in [0.29, 0.717) is 6.42 Å². The average Bonchev–Trinajstić information content (AvgIpc) is 2.23. The minimum atomic E-state index is -5.43. The molecule has 0 rings (SSSR count). The molecule has 0 amide bonds. The molecule has 0 heterocycles. The quantitative estimate of drug-likeness (QED) is 0.759. The Morgan fingerprint density at radius 3 is 2.16 bits per heavy atom. The Balaban J connectivity index is 4.44. The summed E-state index contributed by atoms with van der Waals surface area (Å²) in [6, 6.07) is -1.16. The lowest BCUT2D eigenvalue weighted by atomic mass is 9.91. The fourth-order valence-electron chi connectivity index (χ4n) is 0.906. The zero-order valence-electron chi connectivity index (χ0n) is 11.2. The second-order valence-electron chi connectivity index (χ2n) is 4.80. The number of esters is 1. The molecule has 9 heteroatoms. The van der Waals surface area contributed by atoms with Gasteiger partial charge in [0.2, 0.25) is 0 Å². The van der Waals surface area contributed by atoms with E-state index in [1.807, 2.05) is 0 Å². The van der Waals surface area contributed by atoms with Crippen LogP contribution < -0.4 is 4.72 Å². The van der Waals surface area contributed by atoms with Gasteiger partial charge >= 0.3 is 21.5 Å². The molecule has 0 aliphatic carbocycles. The fourth-order valence-corrected chi connectivity index (χ4v) is 1.64. The molecule has 0 aromatic carbocycles. The first-order valence-electron chi connectivity index (χ1n) is 5.59. The number of carbonyl (C=O) groups excluding carboxylic acids is 1. The van der Waals surface area contributed by atoms with E-state index in [1.54, 1.807) is 20.8 Å². The Morgan fingerprint density at radius 1 is 1.32 bits per heavy atom. The van der Waals surface area contributed by atoms with Gasteiger partial charge in [-0.15, -0.1) is 0 Å². The van der Waals surface area contributed by atoms with E-state index in [-0.39, 0.29) is 0 Å². The van der Waals surface area contributed by atoms with Gasteiger partial charge in [-0.2, -0.15) is 13.2 Å². The highest BCUT2D eigenvalue weighted by Gasteiger charge is 2.46. The number of hydrogen-bond acceptors (Lipinski definition) is 4. The maximum absolute atomic E-state index is 12.1. The highest BCUT2D eigenvalue weighted by atomic mass is 32.2. The van der Waals surface area contributed by atoms with Gasteiger partial charge in [0.05, 0.1) is 11.5 Å². The van der Waals surface area contributed by atoms with Crippen molar-refractivity contribution in [3.63, 3.8) is 0 Å². The van der Waals surface area contributed by atoms with Crippen LogP contribution in [0.25, 0.3) is 0 Å². The van der Waals surface area contributed by atoms with Crippen molar-refractivity contribution in [3.05, 3.63) is 0 Å². The molecule has 0 fully saturated rings. The van der Waals surface area contributed by atoms with Gasteiger partial charge in [0.25, 0.3) is 0 Å². The van der Waals surface area contributed by atoms with Crippen molar-refractivity contribution in [3.8, 4) is 0 Å². The number of halogens is 3. The molecule has 0 aliphatic heterocycles. The molecular weight excluding hydrogens is 287 g/mol. The first kappa shape index (κ1) is 18.2. The van der Waals surface area contributed by atoms with Gasteiger partial charge in [-0.3, -0.25) is 4.79 Å². The van der Waals surface area contributed by atoms with Crippen LogP contribution in [-0.4, -0.2) is 32.5 Å². The number of rotatable bonds is 6. The smallest absolute Gasteiger partial charge is 0.464 e. The number of sulfonamides is 1. The highest BCUT2D eigenvalue weighted by Crippen LogP contribution is 2.23. The Labute approximate surface area is 110 Å². The molecule has 0 radical (unpaired) electrons. The maximum atomic E-state index is 12.1. The summed E-state index contributed by atoms with van der Waals surface area (Å²) in [5.74, 6) is -0.590. The van der Waals surface area contributed by atoms with E-state index >= 15 is 0 Å². The first-order valence-corrected chi connectivity index (χ1v) is 7.07. The van der Waals surface area contributed by atoms with Crippen LogP contribution in [0.3, 0.4) is 0 Å². The largest absolute Gasteiger partial charge is 0.511 e. The molecule has 1 N–H and O–H groups in total. The van der Waals surface area contributed by atoms with Crippen molar-refractivity contribution in [1.29, 1.82) is 0 Å². The average molecular weight is 305 g/mol. The topological polar surface area (TPSA) is 72.5 Å². The summed E-state index contributed by atoms with van der Waals surface area (Å²) >= 11 is 0. The summed E-state index contributed by atoms with van der Waals surface area (Å²) < 4.78 is 64.0. The van der Waals surface area contributed by atoms with E-state index in [1.165, 1.54) is 11.6 Å². The maximum Gasteiger partial charge on any atom is 0.511 e. The standard InChI is InChI=1S/C10H18F3NO4S/c1-5-9(3,4)8(15)18-6-7(2)14-19(16,17)10(11,12)13/h7,14H,5-6H2,1-4H3. The lowest BCUT2D eigenvalue weighted by Crippen LogP contribution is -2.44. The van der Waals surface area contributed by atoms with Crippen molar-refractivity contribution in [2.45, 2.75) is 45.7 Å². The second-order valence-corrected chi connectivity index (χ2v) is 6.51. The normalized spacial score (nSPS) is 15.1. The molecule has 1 unspecified atom stereocenters. The number of ether oxygens (including phenoxy) is 1. The Morgan fingerprint density at radius 2 is 1.79 bits per heavy atom. The van der Waals surface area contributed by atoms with Gasteiger partial charge in [0, 0.05) is 0 Å². The van der Waals surface area contributed by atoms with Crippen LogP contribution in [-0.2, 0) is 19.6 Å². The van der Waals surface area contributed by atoms with Crippen molar-refractivity contribution in [1.82, 2.24) is 4.72 Å². The van der Waals surface area contributed by atoms with Gasteiger partial charge < -0.3 is 4.74 Å². The van der Waals surface area contributed by atoms with Crippen LogP contribution >= 0.6 is 0 Å². The number of hydrogen-bond donors (Lipinski definition) is 1. The van der Waals surface area contributed by atoms with Crippen molar-refractivity contribution >= 4 is 16.0 Å². The molecule has 0 bridgehead atoms. The Kier molecular flexibility index (Phi) is 5.82. The van der Waals surface area contributed by atoms with E-state index in [4.69, 9.17) is 4.74 Å². The van der Waals surface area contributed by atoms with Gasteiger partial charge in [0.1, 0.15) is 6.61 Å². The monoisotopic (exact) mass is 305 g/mol. The van der Waals surface area contributed by atoms with Gasteiger partial charge in [0.15, 0.2) is 0 Å². The second kappa shape index (κ2) is 6.08. The first-order chi connectivity index (χ1) is 8.33. The van der Waals surface area contributed by atoms with Crippen LogP contribution in [0.2, 0.25) is 0 Å². The molecule has 5 nitrogen and oxygen atoms in total. The Bertz CT molecular complexity index is 417. The van der Waals surface area contributed by atoms with Crippen LogP contribution in [0.1, 0.15) is 34.1 Å². The van der Waals surface area contributed by atoms with Crippen LogP contribution in [0, 0.1) is 5.41 Å². The Hall–Kier alpha value is -0.830. The summed E-state index contributed by atoms with van der Waals surface area (Å²) in [5.41, 5.74) is -6.14. The third-order valence-corrected chi connectivity index (χ3v) is 3.88.